The van der Waals surface area contributed by atoms with Gasteiger partial charge in [0.05, 0.1) is 24.6 Å². The van der Waals surface area contributed by atoms with E-state index in [1.54, 1.807) is 0 Å². The fourth-order valence-corrected chi connectivity index (χ4v) is 3.33. The van der Waals surface area contributed by atoms with Crippen molar-refractivity contribution in [1.29, 1.82) is 0 Å². The number of carbonyl (C=O) groups is 2. The van der Waals surface area contributed by atoms with Crippen LogP contribution >= 0.6 is 0 Å². The van der Waals surface area contributed by atoms with Crippen LogP contribution in [-0.4, -0.2) is 40.2 Å². The first-order chi connectivity index (χ1) is 12.7. The van der Waals surface area contributed by atoms with Crippen molar-refractivity contribution in [1.82, 2.24) is 5.32 Å². The number of nitrogens with one attached hydrogen (secondary N) is 1. The average Bonchev–Trinajstić information content (AvgIpc) is 2.64. The second kappa shape index (κ2) is 8.68. The number of carbonyl (C=O) groups excluding carboxylic acids is 2. The topological polar surface area (TPSA) is 92.8 Å². The molecule has 1 N–H and O–H groups in total. The maximum atomic E-state index is 12.3. The number of hydrogen-bond acceptors (Lipinski definition) is 5. The summed E-state index contributed by atoms with van der Waals surface area (Å²) in [6.07, 6.45) is 1.02. The number of methoxy groups -OCH3 is 1. The van der Waals surface area contributed by atoms with Crippen molar-refractivity contribution in [3.8, 4) is 0 Å². The summed E-state index contributed by atoms with van der Waals surface area (Å²) in [7, 11) is -2.42. The largest absolute Gasteiger partial charge is 0.465 e. The first-order valence-electron chi connectivity index (χ1n) is 8.19. The van der Waals surface area contributed by atoms with E-state index in [0.29, 0.717) is 12.1 Å². The summed E-state index contributed by atoms with van der Waals surface area (Å²) in [4.78, 5) is 23.8. The van der Waals surface area contributed by atoms with E-state index in [-0.39, 0.29) is 12.2 Å². The molecule has 0 aliphatic heterocycles. The molecule has 0 atom stereocenters. The molecule has 0 fully saturated rings. The summed E-state index contributed by atoms with van der Waals surface area (Å²) in [6, 6.07) is 13.4. The van der Waals surface area contributed by atoms with E-state index < -0.39 is 21.9 Å². The smallest absolute Gasteiger partial charge is 0.337 e. The molecule has 1 amide bonds. The third kappa shape index (κ3) is 5.55. The van der Waals surface area contributed by atoms with E-state index in [1.165, 1.54) is 31.4 Å². The minimum absolute atomic E-state index is 0.288. The number of nitrogens with zero attached hydrogens (tertiary/aromatic N) is 1. The Labute approximate surface area is 159 Å². The fraction of sp³-hybridized carbons (Fsp3) is 0.263. The molecule has 0 saturated carbocycles. The molecule has 0 saturated heterocycles. The fourth-order valence-electron chi connectivity index (χ4n) is 2.47. The lowest BCUT2D eigenvalue weighted by atomic mass is 10.1. The van der Waals surface area contributed by atoms with Crippen LogP contribution in [0.4, 0.5) is 5.69 Å². The third-order valence-corrected chi connectivity index (χ3v) is 5.14. The van der Waals surface area contributed by atoms with Gasteiger partial charge in [0.25, 0.3) is 0 Å². The number of rotatable bonds is 7. The minimum atomic E-state index is -3.69. The highest BCUT2D eigenvalue weighted by Gasteiger charge is 2.21. The molecule has 7 nitrogen and oxygen atoms in total. The SMILES string of the molecule is COC(=O)c1ccc(N(CC(=O)NCc2ccccc2C)S(C)(=O)=O)cc1. The number of benzene rings is 2. The van der Waals surface area contributed by atoms with Gasteiger partial charge in [-0.25, -0.2) is 13.2 Å². The van der Waals surface area contributed by atoms with Gasteiger partial charge in [-0.1, -0.05) is 24.3 Å². The van der Waals surface area contributed by atoms with Crippen LogP contribution in [0.15, 0.2) is 48.5 Å². The summed E-state index contributed by atoms with van der Waals surface area (Å²) in [5.74, 6) is -0.954. The van der Waals surface area contributed by atoms with Gasteiger partial charge in [0.2, 0.25) is 15.9 Å². The van der Waals surface area contributed by atoms with E-state index in [0.717, 1.165) is 21.7 Å². The second-order valence-electron chi connectivity index (χ2n) is 6.01. The third-order valence-electron chi connectivity index (χ3n) is 4.00. The van der Waals surface area contributed by atoms with Crippen molar-refractivity contribution in [3.63, 3.8) is 0 Å². The number of esters is 1. The van der Waals surface area contributed by atoms with E-state index >= 15 is 0 Å². The molecule has 144 valence electrons. The summed E-state index contributed by atoms with van der Waals surface area (Å²) >= 11 is 0. The lowest BCUT2D eigenvalue weighted by molar-refractivity contribution is -0.119. The number of sulfonamides is 1. The van der Waals surface area contributed by atoms with Crippen LogP contribution in [0.3, 0.4) is 0 Å². The molecule has 0 unspecified atom stereocenters. The Morgan fingerprint density at radius 1 is 1.07 bits per heavy atom. The van der Waals surface area contributed by atoms with Crippen LogP contribution < -0.4 is 9.62 Å². The zero-order valence-corrected chi connectivity index (χ0v) is 16.2. The van der Waals surface area contributed by atoms with E-state index in [9.17, 15) is 18.0 Å². The predicted octanol–water partition coefficient (Wildman–Crippen LogP) is 1.86. The Morgan fingerprint density at radius 3 is 2.26 bits per heavy atom. The highest BCUT2D eigenvalue weighted by molar-refractivity contribution is 7.92. The molecule has 0 aromatic heterocycles. The highest BCUT2D eigenvalue weighted by atomic mass is 32.2. The molecular formula is C19H22N2O5S. The molecular weight excluding hydrogens is 368 g/mol. The molecule has 0 aliphatic carbocycles. The quantitative estimate of drug-likeness (QED) is 0.729. The minimum Gasteiger partial charge on any atom is -0.465 e. The zero-order chi connectivity index (χ0) is 20.0. The van der Waals surface area contributed by atoms with Gasteiger partial charge in [-0.2, -0.15) is 0 Å². The Kier molecular flexibility index (Phi) is 6.57. The maximum Gasteiger partial charge on any atom is 0.337 e. The summed E-state index contributed by atoms with van der Waals surface area (Å²) < 4.78 is 29.9. The number of hydrogen-bond donors (Lipinski definition) is 1. The van der Waals surface area contributed by atoms with Gasteiger partial charge in [0.15, 0.2) is 0 Å². The first-order valence-corrected chi connectivity index (χ1v) is 10.0. The molecule has 27 heavy (non-hydrogen) atoms. The van der Waals surface area contributed by atoms with Crippen molar-refractivity contribution in [2.24, 2.45) is 0 Å². The van der Waals surface area contributed by atoms with Crippen molar-refractivity contribution in [2.45, 2.75) is 13.5 Å². The normalized spacial score (nSPS) is 10.9. The summed E-state index contributed by atoms with van der Waals surface area (Å²) in [6.45, 7) is 1.89. The van der Waals surface area contributed by atoms with Gasteiger partial charge in [-0.3, -0.25) is 9.10 Å². The summed E-state index contributed by atoms with van der Waals surface area (Å²) in [5, 5.41) is 2.73. The van der Waals surface area contributed by atoms with Crippen molar-refractivity contribution >= 4 is 27.6 Å². The lowest BCUT2D eigenvalue weighted by Gasteiger charge is -2.22. The summed E-state index contributed by atoms with van der Waals surface area (Å²) in [5.41, 5.74) is 2.57. The Bertz CT molecular complexity index is 923. The zero-order valence-electron chi connectivity index (χ0n) is 15.4. The van der Waals surface area contributed by atoms with Crippen molar-refractivity contribution in [3.05, 3.63) is 65.2 Å². The van der Waals surface area contributed by atoms with Gasteiger partial charge < -0.3 is 10.1 Å². The number of amides is 1. The molecule has 2 aromatic rings. The molecule has 0 heterocycles. The number of anilines is 1. The van der Waals surface area contributed by atoms with Crippen LogP contribution in [0.2, 0.25) is 0 Å². The van der Waals surface area contributed by atoms with Gasteiger partial charge in [-0.05, 0) is 42.3 Å². The standard InChI is InChI=1S/C19H22N2O5S/c1-14-6-4-5-7-16(14)12-20-18(22)13-21(27(3,24)25)17-10-8-15(9-11-17)19(23)26-2/h4-11H,12-13H2,1-3H3,(H,20,22). The number of ether oxygens (including phenoxy) is 1. The molecule has 0 spiro atoms. The maximum absolute atomic E-state index is 12.3. The lowest BCUT2D eigenvalue weighted by Crippen LogP contribution is -2.40. The van der Waals surface area contributed by atoms with Crippen LogP contribution in [0.5, 0.6) is 0 Å². The van der Waals surface area contributed by atoms with E-state index in [2.05, 4.69) is 10.1 Å². The monoisotopic (exact) mass is 390 g/mol. The van der Waals surface area contributed by atoms with Crippen LogP contribution in [0.25, 0.3) is 0 Å². The molecule has 0 bridgehead atoms. The van der Waals surface area contributed by atoms with Crippen LogP contribution in [0, 0.1) is 6.92 Å². The Balaban J connectivity index is 2.12. The van der Waals surface area contributed by atoms with Crippen molar-refractivity contribution < 1.29 is 22.7 Å². The molecule has 8 heteroatoms. The second-order valence-corrected chi connectivity index (χ2v) is 7.92. The van der Waals surface area contributed by atoms with Gasteiger partial charge in [0, 0.05) is 6.54 Å². The van der Waals surface area contributed by atoms with Gasteiger partial charge >= 0.3 is 5.97 Å². The Hall–Kier alpha value is -2.87. The average molecular weight is 390 g/mol. The number of aryl methyl sites for hydroxylation is 1. The van der Waals surface area contributed by atoms with Gasteiger partial charge in [-0.15, -0.1) is 0 Å². The first kappa shape index (κ1) is 20.4. The predicted molar refractivity (Wildman–Crippen MR) is 103 cm³/mol. The van der Waals surface area contributed by atoms with Crippen LogP contribution in [-0.2, 0) is 26.1 Å². The molecule has 0 radical (unpaired) electrons. The van der Waals surface area contributed by atoms with Crippen LogP contribution in [0.1, 0.15) is 21.5 Å². The van der Waals surface area contributed by atoms with Crippen molar-refractivity contribution in [2.75, 3.05) is 24.2 Å². The molecule has 2 aromatic carbocycles. The van der Waals surface area contributed by atoms with Gasteiger partial charge in [0.1, 0.15) is 6.54 Å². The Morgan fingerprint density at radius 2 is 1.70 bits per heavy atom. The van der Waals surface area contributed by atoms with E-state index in [1.807, 2.05) is 31.2 Å². The highest BCUT2D eigenvalue weighted by Crippen LogP contribution is 2.18. The van der Waals surface area contributed by atoms with E-state index in [4.69, 9.17) is 0 Å². The molecule has 0 aliphatic rings. The molecule has 2 rings (SSSR count).